The Morgan fingerprint density at radius 3 is 2.27 bits per heavy atom. The lowest BCUT2D eigenvalue weighted by molar-refractivity contribution is -0.0730. The monoisotopic (exact) mass is 359 g/mol. The number of fused-ring (bicyclic) bond motifs is 2. The number of rotatable bonds is 5. The normalized spacial score (nSPS) is 28.5. The van der Waals surface area contributed by atoms with Crippen LogP contribution in [0.2, 0.25) is 0 Å². The van der Waals surface area contributed by atoms with Gasteiger partial charge in [-0.1, -0.05) is 48.5 Å². The lowest BCUT2D eigenvalue weighted by atomic mass is 9.80. The molecule has 2 atom stereocenters. The van der Waals surface area contributed by atoms with Gasteiger partial charge in [0.05, 0.1) is 5.60 Å². The van der Waals surface area contributed by atoms with Gasteiger partial charge < -0.3 is 9.84 Å². The summed E-state index contributed by atoms with van der Waals surface area (Å²) in [5.74, 6) is 0.0842. The molecule has 3 nitrogen and oxygen atoms in total. The Morgan fingerprint density at radius 1 is 1.00 bits per heavy atom. The number of benzene rings is 2. The first kappa shape index (κ1) is 17.4. The molecular weight excluding hydrogens is 336 g/mol. The molecule has 2 fully saturated rings. The molecule has 2 saturated heterocycles. The van der Waals surface area contributed by atoms with Crippen LogP contribution in [0.5, 0.6) is 5.75 Å². The van der Waals surface area contributed by atoms with Crippen molar-refractivity contribution in [3.63, 3.8) is 0 Å². The molecule has 2 heterocycles. The third-order valence-corrected chi connectivity index (χ3v) is 5.73. The van der Waals surface area contributed by atoms with Gasteiger partial charge in [-0.25, -0.2) is 0 Å². The zero-order valence-corrected chi connectivity index (χ0v) is 14.5. The Kier molecular flexibility index (Phi) is 4.67. The molecule has 0 radical (unpaired) electrons. The summed E-state index contributed by atoms with van der Waals surface area (Å²) < 4.78 is 30.2. The summed E-state index contributed by atoms with van der Waals surface area (Å²) >= 11 is 0. The minimum atomic E-state index is -2.89. The van der Waals surface area contributed by atoms with Crippen LogP contribution in [0, 0.1) is 0 Å². The third-order valence-electron chi connectivity index (χ3n) is 5.73. The Bertz CT molecular complexity index is 739. The Hall–Kier alpha value is -1.98. The lowest BCUT2D eigenvalue weighted by Gasteiger charge is -2.44. The number of alkyl halides is 2. The van der Waals surface area contributed by atoms with Gasteiger partial charge in [-0.15, -0.1) is 0 Å². The molecule has 2 aliphatic heterocycles. The first-order valence-corrected chi connectivity index (χ1v) is 9.11. The SMILES string of the molecule is OC1(c2ccccc2OC(F)F)CC2CCC(C1)N2Cc1ccccc1. The van der Waals surface area contributed by atoms with Crippen LogP contribution in [0.15, 0.2) is 54.6 Å². The van der Waals surface area contributed by atoms with Gasteiger partial charge in [-0.3, -0.25) is 4.90 Å². The Labute approximate surface area is 152 Å². The maximum Gasteiger partial charge on any atom is 0.387 e. The first-order chi connectivity index (χ1) is 12.5. The van der Waals surface area contributed by atoms with Crippen LogP contribution in [0.1, 0.15) is 36.8 Å². The predicted molar refractivity (Wildman–Crippen MR) is 95.0 cm³/mol. The van der Waals surface area contributed by atoms with Gasteiger partial charge >= 0.3 is 6.61 Å². The average Bonchev–Trinajstić information content (AvgIpc) is 2.86. The molecule has 138 valence electrons. The van der Waals surface area contributed by atoms with E-state index >= 15 is 0 Å². The van der Waals surface area contributed by atoms with Crippen molar-refractivity contribution in [2.75, 3.05) is 0 Å². The lowest BCUT2D eigenvalue weighted by Crippen LogP contribution is -2.49. The molecule has 2 aliphatic rings. The summed E-state index contributed by atoms with van der Waals surface area (Å²) in [5.41, 5.74) is 0.623. The highest BCUT2D eigenvalue weighted by atomic mass is 19.3. The number of hydrogen-bond donors (Lipinski definition) is 1. The number of halogens is 2. The maximum atomic E-state index is 12.8. The van der Waals surface area contributed by atoms with E-state index in [1.807, 2.05) is 18.2 Å². The quantitative estimate of drug-likeness (QED) is 0.864. The van der Waals surface area contributed by atoms with Crippen molar-refractivity contribution in [3.8, 4) is 5.75 Å². The summed E-state index contributed by atoms with van der Waals surface area (Å²) in [6.45, 7) is -2.03. The molecule has 0 spiro atoms. The van der Waals surface area contributed by atoms with Gasteiger partial charge in [0, 0.05) is 24.2 Å². The van der Waals surface area contributed by atoms with E-state index in [0.717, 1.165) is 19.4 Å². The fourth-order valence-electron chi connectivity index (χ4n) is 4.64. The second-order valence-electron chi connectivity index (χ2n) is 7.36. The number of hydrogen-bond acceptors (Lipinski definition) is 3. The summed E-state index contributed by atoms with van der Waals surface area (Å²) in [7, 11) is 0. The van der Waals surface area contributed by atoms with Crippen LogP contribution in [0.3, 0.4) is 0 Å². The fraction of sp³-hybridized carbons (Fsp3) is 0.429. The highest BCUT2D eigenvalue weighted by Gasteiger charge is 2.49. The second kappa shape index (κ2) is 6.97. The van der Waals surface area contributed by atoms with Gasteiger partial charge in [-0.2, -0.15) is 8.78 Å². The minimum Gasteiger partial charge on any atom is -0.434 e. The molecule has 4 rings (SSSR count). The van der Waals surface area contributed by atoms with E-state index in [4.69, 9.17) is 0 Å². The van der Waals surface area contributed by atoms with Crippen molar-refractivity contribution in [1.82, 2.24) is 4.90 Å². The van der Waals surface area contributed by atoms with Crippen molar-refractivity contribution in [1.29, 1.82) is 0 Å². The van der Waals surface area contributed by atoms with Crippen molar-refractivity contribution < 1.29 is 18.6 Å². The molecule has 0 saturated carbocycles. The maximum absolute atomic E-state index is 12.8. The Morgan fingerprint density at radius 2 is 1.62 bits per heavy atom. The summed E-state index contributed by atoms with van der Waals surface area (Å²) in [4.78, 5) is 2.46. The number of piperidine rings is 1. The summed E-state index contributed by atoms with van der Waals surface area (Å²) in [5, 5.41) is 11.3. The van der Waals surface area contributed by atoms with E-state index in [9.17, 15) is 13.9 Å². The smallest absolute Gasteiger partial charge is 0.387 e. The van der Waals surface area contributed by atoms with Gasteiger partial charge in [0.15, 0.2) is 0 Å². The van der Waals surface area contributed by atoms with Gasteiger partial charge in [0.1, 0.15) is 5.75 Å². The fourth-order valence-corrected chi connectivity index (χ4v) is 4.64. The van der Waals surface area contributed by atoms with E-state index in [-0.39, 0.29) is 17.8 Å². The molecule has 5 heteroatoms. The van der Waals surface area contributed by atoms with Crippen molar-refractivity contribution in [3.05, 3.63) is 65.7 Å². The van der Waals surface area contributed by atoms with E-state index < -0.39 is 12.2 Å². The first-order valence-electron chi connectivity index (χ1n) is 9.11. The van der Waals surface area contributed by atoms with Crippen LogP contribution in [-0.2, 0) is 12.1 Å². The largest absolute Gasteiger partial charge is 0.434 e. The van der Waals surface area contributed by atoms with Crippen LogP contribution in [0.25, 0.3) is 0 Å². The topological polar surface area (TPSA) is 32.7 Å². The van der Waals surface area contributed by atoms with Crippen LogP contribution in [0.4, 0.5) is 8.78 Å². The highest BCUT2D eigenvalue weighted by molar-refractivity contribution is 5.39. The van der Waals surface area contributed by atoms with Gasteiger partial charge in [0.25, 0.3) is 0 Å². The number of para-hydroxylation sites is 1. The summed E-state index contributed by atoms with van der Waals surface area (Å²) in [6, 6.07) is 17.5. The molecule has 26 heavy (non-hydrogen) atoms. The van der Waals surface area contributed by atoms with Crippen LogP contribution >= 0.6 is 0 Å². The molecule has 2 aromatic rings. The van der Waals surface area contributed by atoms with Crippen molar-refractivity contribution in [2.24, 2.45) is 0 Å². The predicted octanol–water partition coefficient (Wildman–Crippen LogP) is 4.30. The van der Waals surface area contributed by atoms with E-state index in [0.29, 0.717) is 18.4 Å². The van der Waals surface area contributed by atoms with Crippen LogP contribution in [-0.4, -0.2) is 28.7 Å². The molecule has 0 amide bonds. The molecular formula is C21H23F2NO2. The van der Waals surface area contributed by atoms with E-state index in [2.05, 4.69) is 21.8 Å². The minimum absolute atomic E-state index is 0.0842. The molecule has 2 aromatic carbocycles. The zero-order valence-electron chi connectivity index (χ0n) is 14.5. The summed E-state index contributed by atoms with van der Waals surface area (Å²) in [6.07, 6.45) is 3.13. The van der Waals surface area contributed by atoms with Crippen LogP contribution < -0.4 is 4.74 Å². The van der Waals surface area contributed by atoms with E-state index in [1.165, 1.54) is 11.6 Å². The second-order valence-corrected chi connectivity index (χ2v) is 7.36. The standard InChI is InChI=1S/C21H23F2NO2/c22-20(23)26-19-9-5-4-8-18(19)21(25)12-16-10-11-17(13-21)24(16)14-15-6-2-1-3-7-15/h1-9,16-17,20,25H,10-14H2. The van der Waals surface area contributed by atoms with E-state index in [1.54, 1.807) is 18.2 Å². The van der Waals surface area contributed by atoms with Gasteiger partial charge in [0.2, 0.25) is 0 Å². The van der Waals surface area contributed by atoms with Crippen molar-refractivity contribution >= 4 is 0 Å². The highest BCUT2D eigenvalue weighted by Crippen LogP contribution is 2.48. The third kappa shape index (κ3) is 3.33. The zero-order chi connectivity index (χ0) is 18.1. The molecule has 0 aromatic heterocycles. The molecule has 1 N–H and O–H groups in total. The molecule has 2 bridgehead atoms. The number of nitrogens with zero attached hydrogens (tertiary/aromatic N) is 1. The average molecular weight is 359 g/mol. The molecule has 0 aliphatic carbocycles. The van der Waals surface area contributed by atoms with Gasteiger partial charge in [-0.05, 0) is 37.3 Å². The Balaban J connectivity index is 1.56. The van der Waals surface area contributed by atoms with Crippen molar-refractivity contribution in [2.45, 2.75) is 56.5 Å². The molecule has 2 unspecified atom stereocenters. The number of aliphatic hydroxyl groups is 1. The number of ether oxygens (including phenoxy) is 1.